The van der Waals surface area contributed by atoms with Crippen molar-refractivity contribution >= 4 is 29.4 Å². The van der Waals surface area contributed by atoms with Gasteiger partial charge in [-0.3, -0.25) is 9.59 Å². The van der Waals surface area contributed by atoms with E-state index in [1.807, 2.05) is 6.92 Å². The number of esters is 1. The molecule has 3 rings (SSSR count). The highest BCUT2D eigenvalue weighted by atomic mass is 16.5. The van der Waals surface area contributed by atoms with E-state index in [9.17, 15) is 14.4 Å². The molecule has 1 aliphatic rings. The third-order valence-electron chi connectivity index (χ3n) is 5.03. The predicted molar refractivity (Wildman–Crippen MR) is 112 cm³/mol. The van der Waals surface area contributed by atoms with Gasteiger partial charge in [-0.1, -0.05) is 12.1 Å². The van der Waals surface area contributed by atoms with Crippen LogP contribution < -0.4 is 5.32 Å². The number of hydrogen-bond acceptors (Lipinski definition) is 4. The number of carbonyl (C=O) groups excluding carboxylic acids is 3. The van der Waals surface area contributed by atoms with Crippen LogP contribution in [0.25, 0.3) is 6.08 Å². The van der Waals surface area contributed by atoms with Gasteiger partial charge in [-0.15, -0.1) is 0 Å². The Morgan fingerprint density at radius 3 is 2.59 bits per heavy atom. The standard InChI is InChI=1S/C23H26N2O4/c1-14-12-18(15(2)25(14)21-9-10-21)8-11-22(27)29-17(4)23(28)24-20-7-5-6-19(13-20)16(3)26/h5-8,11-13,17,21H,9-10H2,1-4H3,(H,24,28)/b11-8+/t17-/m1/s1. The maximum absolute atomic E-state index is 12.3. The van der Waals surface area contributed by atoms with E-state index in [0.29, 0.717) is 17.3 Å². The van der Waals surface area contributed by atoms with Gasteiger partial charge in [0.2, 0.25) is 0 Å². The van der Waals surface area contributed by atoms with E-state index in [0.717, 1.165) is 11.3 Å². The number of rotatable bonds is 7. The van der Waals surface area contributed by atoms with Crippen LogP contribution in [0.4, 0.5) is 5.69 Å². The summed E-state index contributed by atoms with van der Waals surface area (Å²) in [6, 6.07) is 9.25. The molecule has 0 unspecified atom stereocenters. The first-order valence-corrected chi connectivity index (χ1v) is 9.75. The van der Waals surface area contributed by atoms with Crippen molar-refractivity contribution in [3.63, 3.8) is 0 Å². The molecule has 1 fully saturated rings. The van der Waals surface area contributed by atoms with Crippen molar-refractivity contribution in [1.82, 2.24) is 4.57 Å². The molecule has 1 aromatic carbocycles. The van der Waals surface area contributed by atoms with Crippen molar-refractivity contribution < 1.29 is 19.1 Å². The summed E-state index contributed by atoms with van der Waals surface area (Å²) in [5, 5.41) is 2.66. The van der Waals surface area contributed by atoms with Crippen LogP contribution in [0.15, 0.2) is 36.4 Å². The van der Waals surface area contributed by atoms with Crippen molar-refractivity contribution in [2.75, 3.05) is 5.32 Å². The molecule has 152 valence electrons. The van der Waals surface area contributed by atoms with Gasteiger partial charge in [-0.2, -0.15) is 0 Å². The minimum absolute atomic E-state index is 0.0910. The number of Topliss-reactive ketones (excluding diaryl/α,β-unsaturated/α-hetero) is 1. The molecule has 1 aliphatic carbocycles. The van der Waals surface area contributed by atoms with Gasteiger partial charge < -0.3 is 14.6 Å². The van der Waals surface area contributed by atoms with Gasteiger partial charge >= 0.3 is 5.97 Å². The minimum atomic E-state index is -0.966. The number of aryl methyl sites for hydroxylation is 1. The SMILES string of the molecule is CC(=O)c1cccc(NC(=O)[C@@H](C)OC(=O)/C=C/c2cc(C)n(C3CC3)c2C)c1. The van der Waals surface area contributed by atoms with E-state index in [1.54, 1.807) is 30.3 Å². The summed E-state index contributed by atoms with van der Waals surface area (Å²) >= 11 is 0. The summed E-state index contributed by atoms with van der Waals surface area (Å²) in [6.07, 6.45) is 4.50. The molecule has 29 heavy (non-hydrogen) atoms. The van der Waals surface area contributed by atoms with Gasteiger partial charge in [0.1, 0.15) is 0 Å². The lowest BCUT2D eigenvalue weighted by Crippen LogP contribution is -2.29. The van der Waals surface area contributed by atoms with Crippen LogP contribution in [-0.4, -0.2) is 28.3 Å². The summed E-state index contributed by atoms with van der Waals surface area (Å²) < 4.78 is 7.51. The number of anilines is 1. The highest BCUT2D eigenvalue weighted by molar-refractivity contribution is 5.99. The van der Waals surface area contributed by atoms with Crippen LogP contribution in [0.2, 0.25) is 0 Å². The number of amides is 1. The first-order chi connectivity index (χ1) is 13.8. The summed E-state index contributed by atoms with van der Waals surface area (Å²) in [5.74, 6) is -1.13. The average molecular weight is 394 g/mol. The van der Waals surface area contributed by atoms with E-state index < -0.39 is 18.0 Å². The predicted octanol–water partition coefficient (Wildman–Crippen LogP) is 4.23. The fourth-order valence-corrected chi connectivity index (χ4v) is 3.35. The molecule has 0 spiro atoms. The van der Waals surface area contributed by atoms with E-state index in [2.05, 4.69) is 22.9 Å². The van der Waals surface area contributed by atoms with Gasteiger partial charge in [-0.25, -0.2) is 4.79 Å². The third-order valence-corrected chi connectivity index (χ3v) is 5.03. The Hall–Kier alpha value is -3.15. The molecular weight excluding hydrogens is 368 g/mol. The molecule has 0 radical (unpaired) electrons. The lowest BCUT2D eigenvalue weighted by atomic mass is 10.1. The Morgan fingerprint density at radius 2 is 1.93 bits per heavy atom. The Kier molecular flexibility index (Phi) is 6.01. The molecule has 1 saturated carbocycles. The minimum Gasteiger partial charge on any atom is -0.449 e. The second-order valence-corrected chi connectivity index (χ2v) is 7.47. The van der Waals surface area contributed by atoms with Crippen LogP contribution in [-0.2, 0) is 14.3 Å². The highest BCUT2D eigenvalue weighted by Crippen LogP contribution is 2.38. The molecule has 0 saturated heterocycles. The third kappa shape index (κ3) is 5.02. The number of nitrogens with zero attached hydrogens (tertiary/aromatic N) is 1. The number of ether oxygens (including phenoxy) is 1. The van der Waals surface area contributed by atoms with E-state index in [-0.39, 0.29) is 5.78 Å². The molecule has 1 N–H and O–H groups in total. The fraction of sp³-hybridized carbons (Fsp3) is 0.348. The van der Waals surface area contributed by atoms with E-state index in [1.165, 1.54) is 38.5 Å². The largest absolute Gasteiger partial charge is 0.449 e. The van der Waals surface area contributed by atoms with Crippen LogP contribution in [0, 0.1) is 13.8 Å². The molecule has 1 aromatic heterocycles. The number of benzene rings is 1. The summed E-state index contributed by atoms with van der Waals surface area (Å²) in [5.41, 5.74) is 4.26. The van der Waals surface area contributed by atoms with Crippen molar-refractivity contribution in [3.05, 3.63) is 58.9 Å². The monoisotopic (exact) mass is 394 g/mol. The Morgan fingerprint density at radius 1 is 1.21 bits per heavy atom. The highest BCUT2D eigenvalue weighted by Gasteiger charge is 2.26. The van der Waals surface area contributed by atoms with Crippen LogP contribution in [0.1, 0.15) is 60.0 Å². The number of nitrogens with one attached hydrogen (secondary N) is 1. The number of carbonyl (C=O) groups is 3. The van der Waals surface area contributed by atoms with Gasteiger partial charge in [0.15, 0.2) is 11.9 Å². The van der Waals surface area contributed by atoms with Crippen LogP contribution in [0.5, 0.6) is 0 Å². The van der Waals surface area contributed by atoms with Crippen LogP contribution >= 0.6 is 0 Å². The molecule has 1 atom stereocenters. The first kappa shape index (κ1) is 20.6. The molecule has 1 heterocycles. The van der Waals surface area contributed by atoms with Crippen molar-refractivity contribution in [1.29, 1.82) is 0 Å². The molecule has 6 heteroatoms. The lowest BCUT2D eigenvalue weighted by Gasteiger charge is -2.12. The lowest BCUT2D eigenvalue weighted by molar-refractivity contribution is -0.148. The normalized spacial score (nSPS) is 14.6. The number of hydrogen-bond donors (Lipinski definition) is 1. The van der Waals surface area contributed by atoms with Gasteiger partial charge in [0, 0.05) is 34.8 Å². The van der Waals surface area contributed by atoms with E-state index in [4.69, 9.17) is 4.74 Å². The molecule has 0 bridgehead atoms. The topological polar surface area (TPSA) is 77.4 Å². The Bertz CT molecular complexity index is 983. The molecule has 2 aromatic rings. The summed E-state index contributed by atoms with van der Waals surface area (Å²) in [4.78, 5) is 35.9. The summed E-state index contributed by atoms with van der Waals surface area (Å²) in [7, 11) is 0. The zero-order valence-corrected chi connectivity index (χ0v) is 17.2. The van der Waals surface area contributed by atoms with Crippen LogP contribution in [0.3, 0.4) is 0 Å². The quantitative estimate of drug-likeness (QED) is 0.433. The molecule has 1 amide bonds. The number of aromatic nitrogens is 1. The van der Waals surface area contributed by atoms with Gasteiger partial charge in [-0.05, 0) is 70.4 Å². The zero-order valence-electron chi connectivity index (χ0n) is 17.2. The maximum atomic E-state index is 12.3. The first-order valence-electron chi connectivity index (χ1n) is 9.75. The van der Waals surface area contributed by atoms with Gasteiger partial charge in [0.25, 0.3) is 5.91 Å². The van der Waals surface area contributed by atoms with Gasteiger partial charge in [0.05, 0.1) is 0 Å². The smallest absolute Gasteiger partial charge is 0.331 e. The Labute approximate surface area is 170 Å². The molecule has 0 aliphatic heterocycles. The maximum Gasteiger partial charge on any atom is 0.331 e. The molecular formula is C23H26N2O4. The summed E-state index contributed by atoms with van der Waals surface area (Å²) in [6.45, 7) is 7.07. The second-order valence-electron chi connectivity index (χ2n) is 7.47. The van der Waals surface area contributed by atoms with Crippen molar-refractivity contribution in [2.45, 2.75) is 52.7 Å². The zero-order chi connectivity index (χ0) is 21.1. The molecule has 6 nitrogen and oxygen atoms in total. The Balaban J connectivity index is 1.58. The van der Waals surface area contributed by atoms with Crippen molar-refractivity contribution in [2.24, 2.45) is 0 Å². The average Bonchev–Trinajstić information content (AvgIpc) is 3.45. The van der Waals surface area contributed by atoms with Crippen molar-refractivity contribution in [3.8, 4) is 0 Å². The van der Waals surface area contributed by atoms with E-state index >= 15 is 0 Å². The fourth-order valence-electron chi connectivity index (χ4n) is 3.35. The second kappa shape index (κ2) is 8.47. The number of ketones is 1.